The van der Waals surface area contributed by atoms with Gasteiger partial charge in [0.05, 0.1) is 35.1 Å². The predicted octanol–water partition coefficient (Wildman–Crippen LogP) is 4.69. The summed E-state index contributed by atoms with van der Waals surface area (Å²) < 4.78 is 44.5. The van der Waals surface area contributed by atoms with E-state index in [1.807, 2.05) is 6.92 Å². The van der Waals surface area contributed by atoms with Gasteiger partial charge in [0.25, 0.3) is 5.91 Å². The maximum atomic E-state index is 13.0. The second-order valence-corrected chi connectivity index (χ2v) is 5.76. The Morgan fingerprint density at radius 3 is 2.59 bits per heavy atom. The van der Waals surface area contributed by atoms with Gasteiger partial charge in [0.2, 0.25) is 0 Å². The third kappa shape index (κ3) is 4.33. The van der Waals surface area contributed by atoms with Gasteiger partial charge in [-0.2, -0.15) is 13.2 Å². The van der Waals surface area contributed by atoms with E-state index < -0.39 is 17.6 Å². The molecule has 0 aliphatic heterocycles. The summed E-state index contributed by atoms with van der Waals surface area (Å²) in [6.45, 7) is 2.18. The number of carbonyl (C=O) groups is 1. The average molecular weight is 375 g/mol. The zero-order valence-electron chi connectivity index (χ0n) is 14.4. The van der Waals surface area contributed by atoms with Crippen LogP contribution in [0.1, 0.15) is 29.4 Å². The normalized spacial score (nSPS) is 11.4. The van der Waals surface area contributed by atoms with Gasteiger partial charge in [-0.3, -0.25) is 9.78 Å². The topological polar surface area (TPSA) is 64.1 Å². The molecule has 0 radical (unpaired) electrons. The quantitative estimate of drug-likeness (QED) is 0.703. The van der Waals surface area contributed by atoms with E-state index in [9.17, 15) is 18.0 Å². The number of rotatable bonds is 5. The van der Waals surface area contributed by atoms with Crippen LogP contribution in [0, 0.1) is 0 Å². The monoisotopic (exact) mass is 375 g/mol. The van der Waals surface area contributed by atoms with Crippen molar-refractivity contribution >= 4 is 22.6 Å². The maximum Gasteiger partial charge on any atom is 0.416 e. The number of alkyl halides is 3. The first-order valence-corrected chi connectivity index (χ1v) is 8.25. The lowest BCUT2D eigenvalue weighted by Gasteiger charge is -2.15. The number of ether oxygens (including phenoxy) is 1. The molecule has 0 atom stereocenters. The number of halogens is 3. The number of anilines is 1. The highest BCUT2D eigenvalue weighted by Crippen LogP contribution is 2.35. The molecule has 0 unspecified atom stereocenters. The third-order valence-electron chi connectivity index (χ3n) is 3.70. The van der Waals surface area contributed by atoms with Crippen LogP contribution in [-0.2, 0) is 6.18 Å². The van der Waals surface area contributed by atoms with E-state index in [2.05, 4.69) is 15.3 Å². The molecule has 1 amide bonds. The molecule has 0 bridgehead atoms. The average Bonchev–Trinajstić information content (AvgIpc) is 2.65. The molecular weight excluding hydrogens is 359 g/mol. The van der Waals surface area contributed by atoms with E-state index in [0.29, 0.717) is 24.1 Å². The highest BCUT2D eigenvalue weighted by molar-refractivity contribution is 6.04. The SMILES string of the molecule is CCCOc1ccc(C(F)(F)F)cc1NC(=O)c1cnc2ccccc2n1. The van der Waals surface area contributed by atoms with Crippen LogP contribution in [0.15, 0.2) is 48.7 Å². The van der Waals surface area contributed by atoms with Crippen molar-refractivity contribution in [1.29, 1.82) is 0 Å². The molecule has 0 saturated heterocycles. The minimum absolute atomic E-state index is 0.00690. The second kappa shape index (κ2) is 7.61. The first-order chi connectivity index (χ1) is 12.9. The summed E-state index contributed by atoms with van der Waals surface area (Å²) in [5, 5.41) is 2.45. The van der Waals surface area contributed by atoms with Gasteiger partial charge >= 0.3 is 6.18 Å². The van der Waals surface area contributed by atoms with Gasteiger partial charge in [-0.05, 0) is 36.8 Å². The number of fused-ring (bicyclic) bond motifs is 1. The highest BCUT2D eigenvalue weighted by Gasteiger charge is 2.31. The molecule has 0 aliphatic carbocycles. The number of benzene rings is 2. The van der Waals surface area contributed by atoms with E-state index in [4.69, 9.17) is 4.74 Å². The molecule has 1 heterocycles. The number of aromatic nitrogens is 2. The first kappa shape index (κ1) is 18.6. The van der Waals surface area contributed by atoms with Crippen LogP contribution >= 0.6 is 0 Å². The van der Waals surface area contributed by atoms with E-state index in [-0.39, 0.29) is 17.1 Å². The van der Waals surface area contributed by atoms with Crippen LogP contribution in [0.4, 0.5) is 18.9 Å². The smallest absolute Gasteiger partial charge is 0.416 e. The van der Waals surface area contributed by atoms with E-state index >= 15 is 0 Å². The minimum atomic E-state index is -4.54. The fraction of sp³-hybridized carbons (Fsp3) is 0.211. The number of hydrogen-bond donors (Lipinski definition) is 1. The number of nitrogens with zero attached hydrogens (tertiary/aromatic N) is 2. The van der Waals surface area contributed by atoms with E-state index in [1.54, 1.807) is 24.3 Å². The fourth-order valence-corrected chi connectivity index (χ4v) is 2.39. The van der Waals surface area contributed by atoms with Crippen LogP contribution in [-0.4, -0.2) is 22.5 Å². The Morgan fingerprint density at radius 2 is 1.89 bits per heavy atom. The molecule has 27 heavy (non-hydrogen) atoms. The molecule has 3 aromatic rings. The molecule has 3 rings (SSSR count). The number of para-hydroxylation sites is 2. The summed E-state index contributed by atoms with van der Waals surface area (Å²) in [6, 6.07) is 9.93. The first-order valence-electron chi connectivity index (χ1n) is 8.25. The zero-order valence-corrected chi connectivity index (χ0v) is 14.4. The van der Waals surface area contributed by atoms with Crippen LogP contribution in [0.25, 0.3) is 11.0 Å². The van der Waals surface area contributed by atoms with E-state index in [1.165, 1.54) is 12.3 Å². The van der Waals surface area contributed by atoms with Gasteiger partial charge in [-0.15, -0.1) is 0 Å². The summed E-state index contributed by atoms with van der Waals surface area (Å²) >= 11 is 0. The molecule has 140 valence electrons. The Hall–Kier alpha value is -3.16. The molecule has 5 nitrogen and oxygen atoms in total. The third-order valence-corrected chi connectivity index (χ3v) is 3.70. The summed E-state index contributed by atoms with van der Waals surface area (Å²) in [7, 11) is 0. The van der Waals surface area contributed by atoms with Crippen LogP contribution in [0.3, 0.4) is 0 Å². The minimum Gasteiger partial charge on any atom is -0.491 e. The zero-order chi connectivity index (χ0) is 19.4. The number of amides is 1. The van der Waals surface area contributed by atoms with Crippen molar-refractivity contribution in [2.75, 3.05) is 11.9 Å². The van der Waals surface area contributed by atoms with Crippen molar-refractivity contribution in [3.05, 3.63) is 59.9 Å². The predicted molar refractivity (Wildman–Crippen MR) is 94.7 cm³/mol. The largest absolute Gasteiger partial charge is 0.491 e. The molecule has 2 aromatic carbocycles. The molecule has 0 fully saturated rings. The van der Waals surface area contributed by atoms with E-state index in [0.717, 1.165) is 12.1 Å². The van der Waals surface area contributed by atoms with Crippen molar-refractivity contribution < 1.29 is 22.7 Å². The Balaban J connectivity index is 1.92. The Morgan fingerprint density at radius 1 is 1.15 bits per heavy atom. The van der Waals surface area contributed by atoms with Gasteiger partial charge in [-0.25, -0.2) is 4.98 Å². The van der Waals surface area contributed by atoms with Gasteiger partial charge in [0, 0.05) is 0 Å². The van der Waals surface area contributed by atoms with Crippen molar-refractivity contribution in [1.82, 2.24) is 9.97 Å². The highest BCUT2D eigenvalue weighted by atomic mass is 19.4. The molecule has 0 saturated carbocycles. The summed E-state index contributed by atoms with van der Waals surface area (Å²) in [4.78, 5) is 20.8. The van der Waals surface area contributed by atoms with Crippen LogP contribution < -0.4 is 10.1 Å². The molecule has 1 aromatic heterocycles. The Kier molecular flexibility index (Phi) is 5.25. The summed E-state index contributed by atoms with van der Waals surface area (Å²) in [6.07, 6.45) is -2.59. The van der Waals surface area contributed by atoms with Crippen molar-refractivity contribution in [3.63, 3.8) is 0 Å². The summed E-state index contributed by atoms with van der Waals surface area (Å²) in [5.41, 5.74) is 0.161. The maximum absolute atomic E-state index is 13.0. The van der Waals surface area contributed by atoms with Crippen molar-refractivity contribution in [2.24, 2.45) is 0 Å². The summed E-state index contributed by atoms with van der Waals surface area (Å²) in [5.74, 6) is -0.513. The van der Waals surface area contributed by atoms with Crippen LogP contribution in [0.5, 0.6) is 5.75 Å². The lowest BCUT2D eigenvalue weighted by molar-refractivity contribution is -0.137. The van der Waals surface area contributed by atoms with Gasteiger partial charge in [-0.1, -0.05) is 19.1 Å². The molecule has 1 N–H and O–H groups in total. The number of nitrogens with one attached hydrogen (secondary N) is 1. The van der Waals surface area contributed by atoms with Crippen molar-refractivity contribution in [2.45, 2.75) is 19.5 Å². The molecule has 0 aliphatic rings. The standard InChI is InChI=1S/C19H16F3N3O2/c1-2-9-27-17-8-7-12(19(20,21)22)10-15(17)25-18(26)16-11-23-13-5-3-4-6-14(13)24-16/h3-8,10-11H,2,9H2,1H3,(H,25,26). The second-order valence-electron chi connectivity index (χ2n) is 5.76. The van der Waals surface area contributed by atoms with Gasteiger partial charge in [0.1, 0.15) is 11.4 Å². The Labute approximate surface area is 153 Å². The molecule has 8 heteroatoms. The van der Waals surface area contributed by atoms with Gasteiger partial charge in [0.15, 0.2) is 0 Å². The lowest BCUT2D eigenvalue weighted by atomic mass is 10.1. The Bertz CT molecular complexity index is 974. The number of carbonyl (C=O) groups excluding carboxylic acids is 1. The number of hydrogen-bond acceptors (Lipinski definition) is 4. The molecular formula is C19H16F3N3O2. The molecule has 0 spiro atoms. The lowest BCUT2D eigenvalue weighted by Crippen LogP contribution is -2.16. The van der Waals surface area contributed by atoms with Crippen LogP contribution in [0.2, 0.25) is 0 Å². The van der Waals surface area contributed by atoms with Gasteiger partial charge < -0.3 is 10.1 Å². The van der Waals surface area contributed by atoms with Crippen molar-refractivity contribution in [3.8, 4) is 5.75 Å². The fourth-order valence-electron chi connectivity index (χ4n) is 2.39.